The molecule has 10 heteroatoms. The van der Waals surface area contributed by atoms with Crippen molar-refractivity contribution in [1.29, 1.82) is 0 Å². The van der Waals surface area contributed by atoms with Gasteiger partial charge in [0.2, 0.25) is 5.88 Å². The summed E-state index contributed by atoms with van der Waals surface area (Å²) in [6, 6.07) is 12.9. The van der Waals surface area contributed by atoms with E-state index in [0.717, 1.165) is 11.6 Å². The van der Waals surface area contributed by atoms with Crippen molar-refractivity contribution < 1.29 is 23.4 Å². The van der Waals surface area contributed by atoms with Crippen molar-refractivity contribution >= 4 is 11.8 Å². The van der Waals surface area contributed by atoms with Crippen molar-refractivity contribution in [3.05, 3.63) is 83.8 Å². The average Bonchev–Trinajstić information content (AvgIpc) is 3.70. The summed E-state index contributed by atoms with van der Waals surface area (Å²) in [5.41, 5.74) is 3.15. The Morgan fingerprint density at radius 1 is 1.03 bits per heavy atom. The van der Waals surface area contributed by atoms with Gasteiger partial charge >= 0.3 is 5.97 Å². The summed E-state index contributed by atoms with van der Waals surface area (Å²) in [5.74, 6) is -1.92. The van der Waals surface area contributed by atoms with Crippen molar-refractivity contribution in [3.63, 3.8) is 0 Å². The van der Waals surface area contributed by atoms with Crippen LogP contribution < -0.4 is 10.1 Å². The Bertz CT molecular complexity index is 1400. The van der Waals surface area contributed by atoms with Gasteiger partial charge in [0.15, 0.2) is 0 Å². The highest BCUT2D eigenvalue weighted by atomic mass is 19.1. The van der Waals surface area contributed by atoms with Crippen molar-refractivity contribution in [3.8, 4) is 28.3 Å². The molecule has 0 aliphatic heterocycles. The Morgan fingerprint density at radius 2 is 1.81 bits per heavy atom. The molecule has 2 atom stereocenters. The van der Waals surface area contributed by atoms with Gasteiger partial charge in [-0.25, -0.2) is 13.8 Å². The van der Waals surface area contributed by atoms with Gasteiger partial charge in [0.1, 0.15) is 17.5 Å². The van der Waals surface area contributed by atoms with E-state index < -0.39 is 23.5 Å². The van der Waals surface area contributed by atoms with Gasteiger partial charge in [0.05, 0.1) is 36.8 Å². The number of carbonyl (C=O) groups is 1. The standard InChI is InChI=1S/C26H21F2N5O3/c1-36-25-7-6-22(32-33-25)15-4-2-14(3-5-15)17-8-16(20(27)10-21(17)28)11-30-24-13-29-23(12-31-24)18-9-19(18)26(34)35/h2-8,10,12-13,18-19H,9,11H2,1H3,(H,30,31)(H,34,35)/t18-,19-/m0/s1. The monoisotopic (exact) mass is 489 g/mol. The van der Waals surface area contributed by atoms with E-state index in [-0.39, 0.29) is 23.6 Å². The number of methoxy groups -OCH3 is 1. The molecule has 0 bridgehead atoms. The highest BCUT2D eigenvalue weighted by Gasteiger charge is 2.45. The first kappa shape index (κ1) is 23.3. The van der Waals surface area contributed by atoms with Crippen LogP contribution in [0.4, 0.5) is 14.6 Å². The Balaban J connectivity index is 1.29. The first-order valence-electron chi connectivity index (χ1n) is 11.2. The van der Waals surface area contributed by atoms with Crippen LogP contribution >= 0.6 is 0 Å². The Kier molecular flexibility index (Phi) is 6.24. The molecular formula is C26H21F2N5O3. The third kappa shape index (κ3) is 4.83. The van der Waals surface area contributed by atoms with Crippen molar-refractivity contribution in [2.75, 3.05) is 12.4 Å². The number of anilines is 1. The molecule has 0 saturated heterocycles. The molecule has 182 valence electrons. The molecule has 8 nitrogen and oxygen atoms in total. The highest BCUT2D eigenvalue weighted by molar-refractivity contribution is 5.75. The molecule has 0 amide bonds. The summed E-state index contributed by atoms with van der Waals surface area (Å²) in [6.45, 7) is 0.0633. The number of carboxylic acid groups (broad SMARTS) is 1. The molecule has 0 unspecified atom stereocenters. The summed E-state index contributed by atoms with van der Waals surface area (Å²) in [4.78, 5) is 19.5. The summed E-state index contributed by atoms with van der Waals surface area (Å²) < 4.78 is 34.2. The first-order valence-corrected chi connectivity index (χ1v) is 11.2. The van der Waals surface area contributed by atoms with Gasteiger partial charge in [-0.2, -0.15) is 0 Å². The summed E-state index contributed by atoms with van der Waals surface area (Å²) in [7, 11) is 1.51. The number of halogens is 2. The van der Waals surface area contributed by atoms with Crippen molar-refractivity contribution in [2.24, 2.45) is 5.92 Å². The van der Waals surface area contributed by atoms with Crippen LogP contribution in [0.2, 0.25) is 0 Å². The third-order valence-corrected chi connectivity index (χ3v) is 6.10. The summed E-state index contributed by atoms with van der Waals surface area (Å²) >= 11 is 0. The largest absolute Gasteiger partial charge is 0.481 e. The van der Waals surface area contributed by atoms with E-state index in [1.165, 1.54) is 25.6 Å². The van der Waals surface area contributed by atoms with Crippen LogP contribution in [0.3, 0.4) is 0 Å². The maximum absolute atomic E-state index is 14.6. The number of benzene rings is 2. The topological polar surface area (TPSA) is 110 Å². The number of rotatable bonds is 8. The molecule has 2 N–H and O–H groups in total. The molecule has 2 aromatic carbocycles. The number of nitrogens with one attached hydrogen (secondary N) is 1. The van der Waals surface area contributed by atoms with Crippen LogP contribution in [0.5, 0.6) is 5.88 Å². The average molecular weight is 489 g/mol. The minimum atomic E-state index is -0.837. The van der Waals surface area contributed by atoms with Gasteiger partial charge < -0.3 is 15.2 Å². The highest BCUT2D eigenvalue weighted by Crippen LogP contribution is 2.46. The zero-order valence-corrected chi connectivity index (χ0v) is 19.2. The van der Waals surface area contributed by atoms with Crippen molar-refractivity contribution in [1.82, 2.24) is 20.2 Å². The predicted molar refractivity (Wildman–Crippen MR) is 127 cm³/mol. The Morgan fingerprint density at radius 3 is 2.42 bits per heavy atom. The molecule has 2 aromatic heterocycles. The van der Waals surface area contributed by atoms with E-state index >= 15 is 0 Å². The van der Waals surface area contributed by atoms with Gasteiger partial charge in [-0.15, -0.1) is 10.2 Å². The molecule has 1 saturated carbocycles. The zero-order valence-electron chi connectivity index (χ0n) is 19.2. The number of nitrogens with zero attached hydrogens (tertiary/aromatic N) is 4. The fourth-order valence-corrected chi connectivity index (χ4v) is 3.96. The minimum Gasteiger partial charge on any atom is -0.481 e. The number of ether oxygens (including phenoxy) is 1. The maximum Gasteiger partial charge on any atom is 0.307 e. The zero-order chi connectivity index (χ0) is 25.2. The van der Waals surface area contributed by atoms with Gasteiger partial charge in [-0.3, -0.25) is 9.78 Å². The third-order valence-electron chi connectivity index (χ3n) is 6.10. The van der Waals surface area contributed by atoms with E-state index in [1.54, 1.807) is 36.4 Å². The minimum absolute atomic E-state index is 0.0633. The second kappa shape index (κ2) is 9.65. The van der Waals surface area contributed by atoms with Crippen LogP contribution in [0.25, 0.3) is 22.4 Å². The SMILES string of the molecule is COc1ccc(-c2ccc(-c3cc(CNc4cnc([C@H]5C[C@@H]5C(=O)O)cn4)c(F)cc3F)cc2)nn1. The summed E-state index contributed by atoms with van der Waals surface area (Å²) in [6.07, 6.45) is 3.56. The van der Waals surface area contributed by atoms with Crippen LogP contribution in [0, 0.1) is 17.6 Å². The first-order chi connectivity index (χ1) is 17.4. The lowest BCUT2D eigenvalue weighted by Gasteiger charge is -2.11. The van der Waals surface area contributed by atoms with Gasteiger partial charge in [0, 0.05) is 41.3 Å². The number of hydrogen-bond acceptors (Lipinski definition) is 7. The lowest BCUT2D eigenvalue weighted by molar-refractivity contribution is -0.138. The molecule has 2 heterocycles. The number of hydrogen-bond donors (Lipinski definition) is 2. The van der Waals surface area contributed by atoms with E-state index in [1.807, 2.05) is 0 Å². The normalized spacial score (nSPS) is 16.4. The Hall–Kier alpha value is -4.47. The van der Waals surface area contributed by atoms with Gasteiger partial charge in [-0.05, 0) is 24.1 Å². The molecule has 0 radical (unpaired) electrons. The summed E-state index contributed by atoms with van der Waals surface area (Å²) in [5, 5.41) is 20.1. The second-order valence-corrected chi connectivity index (χ2v) is 8.43. The number of aliphatic carboxylic acids is 1. The smallest absolute Gasteiger partial charge is 0.307 e. The number of carboxylic acids is 1. The fourth-order valence-electron chi connectivity index (χ4n) is 3.96. The lowest BCUT2D eigenvalue weighted by Crippen LogP contribution is -2.06. The van der Waals surface area contributed by atoms with Crippen LogP contribution in [-0.4, -0.2) is 38.4 Å². The van der Waals surface area contributed by atoms with E-state index in [4.69, 9.17) is 9.84 Å². The predicted octanol–water partition coefficient (Wildman–Crippen LogP) is 4.69. The number of aromatic nitrogens is 4. The molecule has 0 spiro atoms. The fraction of sp³-hybridized carbons (Fsp3) is 0.192. The van der Waals surface area contributed by atoms with Crippen LogP contribution in [0.15, 0.2) is 60.9 Å². The second-order valence-electron chi connectivity index (χ2n) is 8.43. The molecule has 1 aliphatic rings. The van der Waals surface area contributed by atoms with Gasteiger partial charge in [0.25, 0.3) is 0 Å². The quantitative estimate of drug-likeness (QED) is 0.367. The molecule has 1 fully saturated rings. The van der Waals surface area contributed by atoms with E-state index in [0.29, 0.717) is 35.1 Å². The Labute approximate surface area is 205 Å². The molecule has 4 aromatic rings. The molecule has 36 heavy (non-hydrogen) atoms. The molecular weight excluding hydrogens is 468 g/mol. The maximum atomic E-state index is 14.6. The van der Waals surface area contributed by atoms with E-state index in [9.17, 15) is 13.6 Å². The van der Waals surface area contributed by atoms with E-state index in [2.05, 4.69) is 25.5 Å². The van der Waals surface area contributed by atoms with Crippen LogP contribution in [-0.2, 0) is 11.3 Å². The van der Waals surface area contributed by atoms with Crippen LogP contribution in [0.1, 0.15) is 23.6 Å². The lowest BCUT2D eigenvalue weighted by atomic mass is 10.00. The van der Waals surface area contributed by atoms with Gasteiger partial charge in [-0.1, -0.05) is 24.3 Å². The van der Waals surface area contributed by atoms with Crippen molar-refractivity contribution in [2.45, 2.75) is 18.9 Å². The molecule has 5 rings (SSSR count). The molecule has 1 aliphatic carbocycles.